The first-order chi connectivity index (χ1) is 11.2. The summed E-state index contributed by atoms with van der Waals surface area (Å²) in [5, 5.41) is 0. The van der Waals surface area contributed by atoms with Crippen LogP contribution in [0.2, 0.25) is 0 Å². The third-order valence-corrected chi connectivity index (χ3v) is 5.38. The second-order valence-electron chi connectivity index (χ2n) is 5.96. The van der Waals surface area contributed by atoms with Crippen LogP contribution in [-0.2, 0) is 12.8 Å². The van der Waals surface area contributed by atoms with Gasteiger partial charge in [0, 0.05) is 23.3 Å². The SMILES string of the molecule is CCc1ccc(-c2cc(C)cc(-c3ccc(CC)cc3)[s+]2)cc1. The Morgan fingerprint density at radius 2 is 1.04 bits per heavy atom. The maximum atomic E-state index is 2.29. The molecule has 0 nitrogen and oxygen atoms in total. The van der Waals surface area contributed by atoms with Crippen molar-refractivity contribution in [2.24, 2.45) is 0 Å². The standard InChI is InChI=1S/C22H23S/c1-4-17-6-10-19(11-7-17)21-14-16(3)15-22(23-21)20-12-8-18(5-2)9-13-20/h6-15H,4-5H2,1-3H3/q+1. The van der Waals surface area contributed by atoms with E-state index in [9.17, 15) is 0 Å². The molecule has 1 aromatic heterocycles. The van der Waals surface area contributed by atoms with Crippen LogP contribution in [0.5, 0.6) is 0 Å². The molecule has 1 heterocycles. The average molecular weight is 319 g/mol. The van der Waals surface area contributed by atoms with Crippen LogP contribution in [0.15, 0.2) is 60.7 Å². The van der Waals surface area contributed by atoms with Crippen LogP contribution in [0.3, 0.4) is 0 Å². The van der Waals surface area contributed by atoms with E-state index in [1.165, 1.54) is 37.6 Å². The van der Waals surface area contributed by atoms with Crippen LogP contribution in [0.1, 0.15) is 30.5 Å². The van der Waals surface area contributed by atoms with Gasteiger partial charge in [-0.25, -0.2) is 0 Å². The normalized spacial score (nSPS) is 10.7. The van der Waals surface area contributed by atoms with Crippen molar-refractivity contribution < 1.29 is 0 Å². The molecule has 3 rings (SSSR count). The molecule has 0 N–H and O–H groups in total. The van der Waals surface area contributed by atoms with Gasteiger partial charge >= 0.3 is 0 Å². The van der Waals surface area contributed by atoms with Crippen molar-refractivity contribution in [3.8, 4) is 20.9 Å². The fourth-order valence-electron chi connectivity index (χ4n) is 2.73. The van der Waals surface area contributed by atoms with E-state index in [1.807, 2.05) is 11.3 Å². The van der Waals surface area contributed by atoms with Crippen molar-refractivity contribution in [3.05, 3.63) is 77.4 Å². The first kappa shape index (κ1) is 15.9. The topological polar surface area (TPSA) is 0 Å². The van der Waals surface area contributed by atoms with E-state index in [0.29, 0.717) is 0 Å². The summed E-state index contributed by atoms with van der Waals surface area (Å²) < 4.78 is 0. The van der Waals surface area contributed by atoms with Gasteiger partial charge in [0.2, 0.25) is 21.1 Å². The molecule has 0 saturated heterocycles. The van der Waals surface area contributed by atoms with Crippen molar-refractivity contribution in [3.63, 3.8) is 0 Å². The summed E-state index contributed by atoms with van der Waals surface area (Å²) in [6.45, 7) is 6.57. The van der Waals surface area contributed by atoms with Crippen LogP contribution < -0.4 is 0 Å². The minimum atomic E-state index is 1.09. The van der Waals surface area contributed by atoms with Gasteiger partial charge in [0.25, 0.3) is 0 Å². The maximum absolute atomic E-state index is 2.29. The highest BCUT2D eigenvalue weighted by Crippen LogP contribution is 2.34. The third kappa shape index (κ3) is 3.68. The highest BCUT2D eigenvalue weighted by atomic mass is 32.1. The summed E-state index contributed by atoms with van der Waals surface area (Å²) >= 11 is 1.87. The average Bonchev–Trinajstić information content (AvgIpc) is 2.61. The van der Waals surface area contributed by atoms with Gasteiger partial charge in [0.1, 0.15) is 0 Å². The Balaban J connectivity index is 2.00. The lowest BCUT2D eigenvalue weighted by atomic mass is 10.1. The minimum absolute atomic E-state index is 1.09. The Labute approximate surface area is 143 Å². The summed E-state index contributed by atoms with van der Waals surface area (Å²) in [4.78, 5) is 2.67. The predicted octanol–water partition coefficient (Wildman–Crippen LogP) is 6.80. The first-order valence-electron chi connectivity index (χ1n) is 8.33. The molecule has 0 saturated carbocycles. The highest BCUT2D eigenvalue weighted by Gasteiger charge is 2.17. The molecule has 23 heavy (non-hydrogen) atoms. The van der Waals surface area contributed by atoms with Gasteiger partial charge in [-0.2, -0.15) is 0 Å². The van der Waals surface area contributed by atoms with Crippen molar-refractivity contribution in [2.75, 3.05) is 0 Å². The Kier molecular flexibility index (Phi) is 4.88. The summed E-state index contributed by atoms with van der Waals surface area (Å²) in [5.41, 5.74) is 6.71. The molecular formula is C22H23S+. The monoisotopic (exact) mass is 319 g/mol. The lowest BCUT2D eigenvalue weighted by Crippen LogP contribution is -1.84. The van der Waals surface area contributed by atoms with Gasteiger partial charge in [-0.05, 0) is 60.7 Å². The van der Waals surface area contributed by atoms with E-state index in [1.54, 1.807) is 0 Å². The van der Waals surface area contributed by atoms with Crippen LogP contribution >= 0.6 is 11.3 Å². The summed E-state index contributed by atoms with van der Waals surface area (Å²) in [6.07, 6.45) is 2.18. The van der Waals surface area contributed by atoms with Gasteiger partial charge in [-0.15, -0.1) is 0 Å². The molecule has 0 fully saturated rings. The lowest BCUT2D eigenvalue weighted by Gasteiger charge is -2.01. The second-order valence-corrected chi connectivity index (χ2v) is 7.05. The fourth-order valence-corrected chi connectivity index (χ4v) is 3.96. The Morgan fingerprint density at radius 1 is 0.652 bits per heavy atom. The van der Waals surface area contributed by atoms with Gasteiger partial charge in [-0.1, -0.05) is 38.1 Å². The zero-order chi connectivity index (χ0) is 16.2. The highest BCUT2D eigenvalue weighted by molar-refractivity contribution is 7.18. The fraction of sp³-hybridized carbons (Fsp3) is 0.227. The van der Waals surface area contributed by atoms with Crippen LogP contribution in [0.4, 0.5) is 0 Å². The van der Waals surface area contributed by atoms with E-state index < -0.39 is 0 Å². The first-order valence-corrected chi connectivity index (χ1v) is 9.14. The number of hydrogen-bond donors (Lipinski definition) is 0. The third-order valence-electron chi connectivity index (χ3n) is 4.23. The molecule has 116 valence electrons. The van der Waals surface area contributed by atoms with Crippen LogP contribution in [0.25, 0.3) is 20.9 Å². The lowest BCUT2D eigenvalue weighted by molar-refractivity contribution is 1.14. The largest absolute Gasteiger partial charge is 0.238 e. The smallest absolute Gasteiger partial charge is 0.0613 e. The molecule has 0 radical (unpaired) electrons. The number of benzene rings is 2. The van der Waals surface area contributed by atoms with Crippen molar-refractivity contribution in [1.29, 1.82) is 0 Å². The van der Waals surface area contributed by atoms with Gasteiger partial charge < -0.3 is 0 Å². The van der Waals surface area contributed by atoms with E-state index in [0.717, 1.165) is 12.8 Å². The Morgan fingerprint density at radius 3 is 1.39 bits per heavy atom. The molecule has 0 amide bonds. The second kappa shape index (κ2) is 7.06. The summed E-state index contributed by atoms with van der Waals surface area (Å²) in [7, 11) is 0. The van der Waals surface area contributed by atoms with Crippen molar-refractivity contribution in [2.45, 2.75) is 33.6 Å². The molecular weight excluding hydrogens is 296 g/mol. The Hall–Kier alpha value is -1.99. The van der Waals surface area contributed by atoms with E-state index >= 15 is 0 Å². The number of aryl methyl sites for hydroxylation is 3. The van der Waals surface area contributed by atoms with E-state index in [-0.39, 0.29) is 0 Å². The zero-order valence-electron chi connectivity index (χ0n) is 14.1. The number of rotatable bonds is 4. The van der Waals surface area contributed by atoms with Crippen molar-refractivity contribution in [1.82, 2.24) is 0 Å². The van der Waals surface area contributed by atoms with E-state index in [4.69, 9.17) is 0 Å². The van der Waals surface area contributed by atoms with Crippen LogP contribution in [-0.4, -0.2) is 0 Å². The van der Waals surface area contributed by atoms with Crippen LogP contribution in [0, 0.1) is 6.92 Å². The molecule has 2 aromatic carbocycles. The summed E-state index contributed by atoms with van der Waals surface area (Å²) in [5.74, 6) is 0. The molecule has 3 aromatic rings. The quantitative estimate of drug-likeness (QED) is 0.464. The van der Waals surface area contributed by atoms with E-state index in [2.05, 4.69) is 81.4 Å². The molecule has 0 unspecified atom stereocenters. The molecule has 0 aliphatic carbocycles. The minimum Gasteiger partial charge on any atom is -0.0613 e. The molecule has 0 aliphatic heterocycles. The maximum Gasteiger partial charge on any atom is 0.238 e. The molecule has 0 spiro atoms. The van der Waals surface area contributed by atoms with Gasteiger partial charge in [-0.3, -0.25) is 0 Å². The van der Waals surface area contributed by atoms with Gasteiger partial charge in [0.05, 0.1) is 0 Å². The Bertz CT molecular complexity index is 717. The molecule has 1 heteroatoms. The molecule has 0 atom stereocenters. The zero-order valence-corrected chi connectivity index (χ0v) is 14.9. The van der Waals surface area contributed by atoms with Crippen molar-refractivity contribution >= 4 is 11.3 Å². The molecule has 0 bridgehead atoms. The molecule has 0 aliphatic rings. The predicted molar refractivity (Wildman–Crippen MR) is 103 cm³/mol. The summed E-state index contributed by atoms with van der Waals surface area (Å²) in [6, 6.07) is 22.5. The van der Waals surface area contributed by atoms with Gasteiger partial charge in [0.15, 0.2) is 0 Å². The number of hydrogen-bond acceptors (Lipinski definition) is 0.